The molecule has 7 nitrogen and oxygen atoms in total. The molecule has 3 aromatic rings. The molecule has 1 saturated heterocycles. The van der Waals surface area contributed by atoms with E-state index in [1.807, 2.05) is 60.8 Å². The number of para-hydroxylation sites is 2. The number of hydrogen-bond donors (Lipinski definition) is 2. The van der Waals surface area contributed by atoms with Gasteiger partial charge in [0.15, 0.2) is 0 Å². The Hall–Kier alpha value is -3.23. The maximum atomic E-state index is 12.7. The van der Waals surface area contributed by atoms with E-state index in [4.69, 9.17) is 4.74 Å². The number of aryl methyl sites for hydroxylation is 1. The minimum atomic E-state index is -0.0764. The van der Waals surface area contributed by atoms with E-state index in [-0.39, 0.29) is 17.7 Å². The molecule has 1 fully saturated rings. The molecule has 0 spiro atoms. The van der Waals surface area contributed by atoms with Gasteiger partial charge in [0.1, 0.15) is 5.75 Å². The number of hydrogen-bond acceptors (Lipinski definition) is 6. The van der Waals surface area contributed by atoms with Gasteiger partial charge in [-0.1, -0.05) is 24.3 Å². The quantitative estimate of drug-likeness (QED) is 0.541. The smallest absolute Gasteiger partial charge is 0.238 e. The molecule has 0 aliphatic carbocycles. The standard InChI is InChI=1S/C25H28N4O3S/c1-17-26-22(16-33-17)19-6-5-7-20(14-19)27-24(30)15-29-12-10-18(11-13-29)25(31)28-21-8-3-4-9-23(21)32-2/h3-9,14,16,18H,10-13,15H2,1-2H3,(H,27,30)(H,28,31). The second-order valence-corrected chi connectivity index (χ2v) is 9.18. The number of piperidine rings is 1. The highest BCUT2D eigenvalue weighted by molar-refractivity contribution is 7.09. The van der Waals surface area contributed by atoms with E-state index in [1.54, 1.807) is 18.4 Å². The minimum Gasteiger partial charge on any atom is -0.495 e. The predicted molar refractivity (Wildman–Crippen MR) is 132 cm³/mol. The summed E-state index contributed by atoms with van der Waals surface area (Å²) in [7, 11) is 1.59. The first-order valence-corrected chi connectivity index (χ1v) is 11.9. The van der Waals surface area contributed by atoms with E-state index in [9.17, 15) is 9.59 Å². The van der Waals surface area contributed by atoms with Crippen LogP contribution in [0.2, 0.25) is 0 Å². The van der Waals surface area contributed by atoms with Crippen molar-refractivity contribution in [3.05, 3.63) is 58.9 Å². The van der Waals surface area contributed by atoms with Gasteiger partial charge in [0.2, 0.25) is 11.8 Å². The number of amides is 2. The summed E-state index contributed by atoms with van der Waals surface area (Å²) in [6.07, 6.45) is 1.43. The third-order valence-corrected chi connectivity index (χ3v) is 6.53. The number of carbonyl (C=O) groups is 2. The number of anilines is 2. The van der Waals surface area contributed by atoms with Gasteiger partial charge < -0.3 is 15.4 Å². The lowest BCUT2D eigenvalue weighted by Gasteiger charge is -2.30. The van der Waals surface area contributed by atoms with Crippen molar-refractivity contribution in [1.29, 1.82) is 0 Å². The fraction of sp³-hybridized carbons (Fsp3) is 0.320. The molecule has 2 N–H and O–H groups in total. The Balaban J connectivity index is 1.26. The van der Waals surface area contributed by atoms with Crippen LogP contribution in [0.25, 0.3) is 11.3 Å². The van der Waals surface area contributed by atoms with Crippen molar-refractivity contribution in [2.45, 2.75) is 19.8 Å². The summed E-state index contributed by atoms with van der Waals surface area (Å²) >= 11 is 1.61. The molecule has 33 heavy (non-hydrogen) atoms. The lowest BCUT2D eigenvalue weighted by molar-refractivity contribution is -0.121. The van der Waals surface area contributed by atoms with Crippen LogP contribution >= 0.6 is 11.3 Å². The van der Waals surface area contributed by atoms with Crippen molar-refractivity contribution in [3.63, 3.8) is 0 Å². The first-order chi connectivity index (χ1) is 16.0. The number of carbonyl (C=O) groups excluding carboxylic acids is 2. The number of nitrogens with one attached hydrogen (secondary N) is 2. The summed E-state index contributed by atoms with van der Waals surface area (Å²) < 4.78 is 5.31. The Labute approximate surface area is 197 Å². The highest BCUT2D eigenvalue weighted by Gasteiger charge is 2.26. The molecule has 2 aromatic carbocycles. The number of rotatable bonds is 7. The van der Waals surface area contributed by atoms with Crippen molar-refractivity contribution in [3.8, 4) is 17.0 Å². The second-order valence-electron chi connectivity index (χ2n) is 8.12. The predicted octanol–water partition coefficient (Wildman–Crippen LogP) is 4.42. The highest BCUT2D eigenvalue weighted by atomic mass is 32.1. The molecule has 0 bridgehead atoms. The maximum Gasteiger partial charge on any atom is 0.238 e. The van der Waals surface area contributed by atoms with Crippen LogP contribution in [0.1, 0.15) is 17.8 Å². The SMILES string of the molecule is COc1ccccc1NC(=O)C1CCN(CC(=O)Nc2cccc(-c3csc(C)n3)c2)CC1. The summed E-state index contributed by atoms with van der Waals surface area (Å²) in [6.45, 7) is 3.69. The van der Waals surface area contributed by atoms with Crippen molar-refractivity contribution in [2.75, 3.05) is 37.4 Å². The average Bonchev–Trinajstić information content (AvgIpc) is 3.26. The largest absolute Gasteiger partial charge is 0.495 e. The van der Waals surface area contributed by atoms with E-state index in [2.05, 4.69) is 20.5 Å². The topological polar surface area (TPSA) is 83.6 Å². The van der Waals surface area contributed by atoms with Gasteiger partial charge >= 0.3 is 0 Å². The lowest BCUT2D eigenvalue weighted by atomic mass is 9.95. The third-order valence-electron chi connectivity index (χ3n) is 5.75. The van der Waals surface area contributed by atoms with Crippen molar-refractivity contribution < 1.29 is 14.3 Å². The average molecular weight is 465 g/mol. The molecule has 8 heteroatoms. The van der Waals surface area contributed by atoms with Gasteiger partial charge in [-0.2, -0.15) is 0 Å². The minimum absolute atomic E-state index is 0.00214. The molecule has 1 aliphatic rings. The van der Waals surface area contributed by atoms with Gasteiger partial charge in [0.05, 0.1) is 30.0 Å². The second kappa shape index (κ2) is 10.6. The number of benzene rings is 2. The lowest BCUT2D eigenvalue weighted by Crippen LogP contribution is -2.41. The van der Waals surface area contributed by atoms with E-state index in [1.165, 1.54) is 0 Å². The number of thiazole rings is 1. The summed E-state index contributed by atoms with van der Waals surface area (Å²) in [6, 6.07) is 15.1. The number of aromatic nitrogens is 1. The summed E-state index contributed by atoms with van der Waals surface area (Å²) in [4.78, 5) is 31.9. The van der Waals surface area contributed by atoms with Crippen LogP contribution < -0.4 is 15.4 Å². The van der Waals surface area contributed by atoms with Gasteiger partial charge in [-0.25, -0.2) is 4.98 Å². The molecule has 1 aliphatic heterocycles. The van der Waals surface area contributed by atoms with Crippen LogP contribution in [-0.4, -0.2) is 48.4 Å². The Morgan fingerprint density at radius 2 is 1.91 bits per heavy atom. The Morgan fingerprint density at radius 1 is 1.12 bits per heavy atom. The van der Waals surface area contributed by atoms with E-state index >= 15 is 0 Å². The van der Waals surface area contributed by atoms with Gasteiger partial charge in [-0.05, 0) is 57.1 Å². The monoisotopic (exact) mass is 464 g/mol. The van der Waals surface area contributed by atoms with E-state index < -0.39 is 0 Å². The van der Waals surface area contributed by atoms with E-state index in [0.29, 0.717) is 43.9 Å². The summed E-state index contributed by atoms with van der Waals surface area (Å²) in [5, 5.41) is 8.99. The van der Waals surface area contributed by atoms with Gasteiger partial charge in [-0.3, -0.25) is 14.5 Å². The zero-order valence-electron chi connectivity index (χ0n) is 18.8. The van der Waals surface area contributed by atoms with Crippen molar-refractivity contribution >= 4 is 34.5 Å². The zero-order chi connectivity index (χ0) is 23.2. The molecule has 1 aromatic heterocycles. The fourth-order valence-electron chi connectivity index (χ4n) is 3.99. The Morgan fingerprint density at radius 3 is 2.64 bits per heavy atom. The number of nitrogens with zero attached hydrogens (tertiary/aromatic N) is 2. The highest BCUT2D eigenvalue weighted by Crippen LogP contribution is 2.26. The van der Waals surface area contributed by atoms with Gasteiger partial charge in [0, 0.05) is 22.5 Å². The molecule has 4 rings (SSSR count). The Kier molecular flexibility index (Phi) is 7.36. The fourth-order valence-corrected chi connectivity index (χ4v) is 4.61. The molecular formula is C25H28N4O3S. The number of methoxy groups -OCH3 is 1. The summed E-state index contributed by atoms with van der Waals surface area (Å²) in [5.74, 6) is 0.512. The molecular weight excluding hydrogens is 436 g/mol. The molecule has 2 heterocycles. The third kappa shape index (κ3) is 5.97. The summed E-state index contributed by atoms with van der Waals surface area (Å²) in [5.41, 5.74) is 3.34. The van der Waals surface area contributed by atoms with Crippen LogP contribution in [0.15, 0.2) is 53.9 Å². The van der Waals surface area contributed by atoms with E-state index in [0.717, 1.165) is 22.0 Å². The van der Waals surface area contributed by atoms with Crippen LogP contribution in [0.4, 0.5) is 11.4 Å². The number of ether oxygens (including phenoxy) is 1. The maximum absolute atomic E-state index is 12.7. The first kappa shape index (κ1) is 22.9. The van der Waals surface area contributed by atoms with Crippen LogP contribution in [0.5, 0.6) is 5.75 Å². The molecule has 2 amide bonds. The first-order valence-electron chi connectivity index (χ1n) is 11.0. The normalized spacial score (nSPS) is 14.6. The number of likely N-dealkylation sites (tertiary alicyclic amines) is 1. The molecule has 0 atom stereocenters. The molecule has 0 radical (unpaired) electrons. The van der Waals surface area contributed by atoms with Crippen molar-refractivity contribution in [1.82, 2.24) is 9.88 Å². The van der Waals surface area contributed by atoms with Crippen molar-refractivity contribution in [2.24, 2.45) is 5.92 Å². The van der Waals surface area contributed by atoms with Crippen LogP contribution in [-0.2, 0) is 9.59 Å². The molecule has 0 unspecified atom stereocenters. The van der Waals surface area contributed by atoms with Crippen LogP contribution in [0, 0.1) is 12.8 Å². The molecule has 0 saturated carbocycles. The van der Waals surface area contributed by atoms with Gasteiger partial charge in [-0.15, -0.1) is 11.3 Å². The van der Waals surface area contributed by atoms with Crippen LogP contribution in [0.3, 0.4) is 0 Å². The Bertz CT molecular complexity index is 1120. The van der Waals surface area contributed by atoms with Gasteiger partial charge in [0.25, 0.3) is 0 Å². The molecule has 172 valence electrons. The zero-order valence-corrected chi connectivity index (χ0v) is 19.7.